The molecule has 4 heterocycles. The summed E-state index contributed by atoms with van der Waals surface area (Å²) >= 11 is 1.78. The molecule has 0 saturated carbocycles. The Bertz CT molecular complexity index is 806. The highest BCUT2D eigenvalue weighted by atomic mass is 32.1. The second-order valence-electron chi connectivity index (χ2n) is 6.44. The SMILES string of the molecule is CC(C)n1cnnc1C1CCCN(c2ccnc3ccsc23)C1. The van der Waals surface area contributed by atoms with Gasteiger partial charge in [0.25, 0.3) is 0 Å². The lowest BCUT2D eigenvalue weighted by Gasteiger charge is -2.34. The predicted octanol–water partition coefficient (Wildman–Crippen LogP) is 3.85. The molecule has 0 aromatic carbocycles. The van der Waals surface area contributed by atoms with Crippen molar-refractivity contribution in [3.8, 4) is 0 Å². The Morgan fingerprint density at radius 2 is 2.22 bits per heavy atom. The zero-order valence-corrected chi connectivity index (χ0v) is 14.3. The molecule has 1 atom stereocenters. The van der Waals surface area contributed by atoms with Gasteiger partial charge in [0.1, 0.15) is 12.2 Å². The zero-order chi connectivity index (χ0) is 15.8. The van der Waals surface area contributed by atoms with Crippen molar-refractivity contribution in [2.75, 3.05) is 18.0 Å². The molecule has 1 unspecified atom stereocenters. The van der Waals surface area contributed by atoms with Crippen LogP contribution < -0.4 is 4.90 Å². The van der Waals surface area contributed by atoms with E-state index in [-0.39, 0.29) is 0 Å². The predicted molar refractivity (Wildman–Crippen MR) is 94.2 cm³/mol. The fourth-order valence-corrected chi connectivity index (χ4v) is 4.35. The average molecular weight is 327 g/mol. The van der Waals surface area contributed by atoms with E-state index in [1.807, 2.05) is 12.5 Å². The van der Waals surface area contributed by atoms with Crippen LogP contribution in [0.1, 0.15) is 44.5 Å². The van der Waals surface area contributed by atoms with Crippen LogP contribution in [0.4, 0.5) is 5.69 Å². The molecule has 0 bridgehead atoms. The van der Waals surface area contributed by atoms with Crippen LogP contribution in [0.5, 0.6) is 0 Å². The maximum absolute atomic E-state index is 4.46. The summed E-state index contributed by atoms with van der Waals surface area (Å²) in [6.45, 7) is 6.47. The minimum Gasteiger partial charge on any atom is -0.370 e. The number of thiophene rings is 1. The van der Waals surface area contributed by atoms with Crippen molar-refractivity contribution in [1.82, 2.24) is 19.7 Å². The van der Waals surface area contributed by atoms with E-state index < -0.39 is 0 Å². The minimum absolute atomic E-state index is 0.403. The molecule has 4 rings (SSSR count). The lowest BCUT2D eigenvalue weighted by Crippen LogP contribution is -2.35. The van der Waals surface area contributed by atoms with Crippen molar-refractivity contribution in [1.29, 1.82) is 0 Å². The van der Waals surface area contributed by atoms with Gasteiger partial charge in [0.2, 0.25) is 0 Å². The molecule has 0 amide bonds. The molecule has 0 aliphatic carbocycles. The monoisotopic (exact) mass is 327 g/mol. The summed E-state index contributed by atoms with van der Waals surface area (Å²) in [7, 11) is 0. The highest BCUT2D eigenvalue weighted by Gasteiger charge is 2.27. The number of piperidine rings is 1. The molecule has 6 heteroatoms. The van der Waals surface area contributed by atoms with Gasteiger partial charge in [0.15, 0.2) is 0 Å². The topological polar surface area (TPSA) is 46.8 Å². The number of fused-ring (bicyclic) bond motifs is 1. The third-order valence-corrected chi connectivity index (χ3v) is 5.53. The van der Waals surface area contributed by atoms with E-state index >= 15 is 0 Å². The van der Waals surface area contributed by atoms with Gasteiger partial charge < -0.3 is 9.47 Å². The molecule has 0 radical (unpaired) electrons. The van der Waals surface area contributed by atoms with Crippen molar-refractivity contribution < 1.29 is 0 Å². The van der Waals surface area contributed by atoms with Gasteiger partial charge in [0, 0.05) is 31.2 Å². The van der Waals surface area contributed by atoms with Gasteiger partial charge in [-0.3, -0.25) is 4.98 Å². The zero-order valence-electron chi connectivity index (χ0n) is 13.5. The average Bonchev–Trinajstić information content (AvgIpc) is 3.23. The summed E-state index contributed by atoms with van der Waals surface area (Å²) in [6, 6.07) is 4.65. The Morgan fingerprint density at radius 3 is 3.09 bits per heavy atom. The van der Waals surface area contributed by atoms with Crippen LogP contribution in [0.15, 0.2) is 30.0 Å². The molecule has 5 nitrogen and oxygen atoms in total. The van der Waals surface area contributed by atoms with Gasteiger partial charge in [-0.25, -0.2) is 0 Å². The van der Waals surface area contributed by atoms with Gasteiger partial charge in [-0.15, -0.1) is 21.5 Å². The second-order valence-corrected chi connectivity index (χ2v) is 7.36. The molecule has 1 aliphatic rings. The summed E-state index contributed by atoms with van der Waals surface area (Å²) in [5, 5.41) is 10.7. The molecule has 1 aliphatic heterocycles. The van der Waals surface area contributed by atoms with Crippen LogP contribution in [-0.4, -0.2) is 32.8 Å². The first-order valence-electron chi connectivity index (χ1n) is 8.20. The Morgan fingerprint density at radius 1 is 1.30 bits per heavy atom. The van der Waals surface area contributed by atoms with Crippen LogP contribution >= 0.6 is 11.3 Å². The highest BCUT2D eigenvalue weighted by molar-refractivity contribution is 7.17. The number of pyridine rings is 1. The third kappa shape index (κ3) is 2.61. The lowest BCUT2D eigenvalue weighted by molar-refractivity contribution is 0.455. The summed E-state index contributed by atoms with van der Waals surface area (Å²) in [5.41, 5.74) is 2.41. The van der Waals surface area contributed by atoms with Gasteiger partial charge in [0.05, 0.1) is 15.9 Å². The molecule has 0 N–H and O–H groups in total. The van der Waals surface area contributed by atoms with E-state index in [2.05, 4.69) is 56.0 Å². The third-order valence-electron chi connectivity index (χ3n) is 4.61. The first-order valence-corrected chi connectivity index (χ1v) is 9.08. The molecule has 120 valence electrons. The molecule has 1 fully saturated rings. The Hall–Kier alpha value is -1.95. The normalized spacial score (nSPS) is 18.9. The van der Waals surface area contributed by atoms with E-state index in [0.717, 1.165) is 24.4 Å². The lowest BCUT2D eigenvalue weighted by atomic mass is 9.96. The molecule has 0 spiro atoms. The van der Waals surface area contributed by atoms with E-state index in [1.54, 1.807) is 11.3 Å². The minimum atomic E-state index is 0.403. The highest BCUT2D eigenvalue weighted by Crippen LogP contribution is 2.35. The maximum Gasteiger partial charge on any atom is 0.137 e. The van der Waals surface area contributed by atoms with Gasteiger partial charge in [-0.2, -0.15) is 0 Å². The van der Waals surface area contributed by atoms with E-state index in [9.17, 15) is 0 Å². The van der Waals surface area contributed by atoms with Gasteiger partial charge in [-0.05, 0) is 44.2 Å². The van der Waals surface area contributed by atoms with Crippen LogP contribution in [0.25, 0.3) is 10.2 Å². The number of rotatable bonds is 3. The number of anilines is 1. The summed E-state index contributed by atoms with van der Waals surface area (Å²) < 4.78 is 3.50. The second kappa shape index (κ2) is 5.92. The standard InChI is InChI=1S/C17H21N5S/c1-12(2)22-11-19-20-17(22)13-4-3-8-21(10-13)15-5-7-18-14-6-9-23-16(14)15/h5-7,9,11-13H,3-4,8,10H2,1-2H3. The Labute approximate surface area is 140 Å². The summed E-state index contributed by atoms with van der Waals surface area (Å²) in [6.07, 6.45) is 6.15. The first-order chi connectivity index (χ1) is 11.2. The van der Waals surface area contributed by atoms with Crippen molar-refractivity contribution in [3.63, 3.8) is 0 Å². The first kappa shape index (κ1) is 14.6. The van der Waals surface area contributed by atoms with Crippen LogP contribution in [-0.2, 0) is 0 Å². The molecule has 1 saturated heterocycles. The van der Waals surface area contributed by atoms with Crippen LogP contribution in [0, 0.1) is 0 Å². The van der Waals surface area contributed by atoms with Crippen LogP contribution in [0.3, 0.4) is 0 Å². The Kier molecular flexibility index (Phi) is 3.77. The maximum atomic E-state index is 4.46. The number of hydrogen-bond acceptors (Lipinski definition) is 5. The fraction of sp³-hybridized carbons (Fsp3) is 0.471. The smallest absolute Gasteiger partial charge is 0.137 e. The largest absolute Gasteiger partial charge is 0.370 e. The molecule has 3 aromatic rings. The number of nitrogens with zero attached hydrogens (tertiary/aromatic N) is 5. The Balaban J connectivity index is 1.65. The van der Waals surface area contributed by atoms with Gasteiger partial charge in [-0.1, -0.05) is 0 Å². The van der Waals surface area contributed by atoms with Gasteiger partial charge >= 0.3 is 0 Å². The number of aromatic nitrogens is 4. The van der Waals surface area contributed by atoms with E-state index in [0.29, 0.717) is 12.0 Å². The molecular weight excluding hydrogens is 306 g/mol. The fourth-order valence-electron chi connectivity index (χ4n) is 3.46. The summed E-state index contributed by atoms with van der Waals surface area (Å²) in [5.74, 6) is 1.57. The van der Waals surface area contributed by atoms with Crippen molar-refractivity contribution in [2.45, 2.75) is 38.6 Å². The number of hydrogen-bond donors (Lipinski definition) is 0. The van der Waals surface area contributed by atoms with Crippen LogP contribution in [0.2, 0.25) is 0 Å². The molecular formula is C17H21N5S. The van der Waals surface area contributed by atoms with E-state index in [1.165, 1.54) is 23.2 Å². The van der Waals surface area contributed by atoms with Crippen molar-refractivity contribution >= 4 is 27.2 Å². The van der Waals surface area contributed by atoms with Crippen molar-refractivity contribution in [3.05, 3.63) is 35.9 Å². The molecule has 23 heavy (non-hydrogen) atoms. The summed E-state index contributed by atoms with van der Waals surface area (Å²) in [4.78, 5) is 6.95. The van der Waals surface area contributed by atoms with E-state index in [4.69, 9.17) is 0 Å². The van der Waals surface area contributed by atoms with Crippen molar-refractivity contribution in [2.24, 2.45) is 0 Å². The quantitative estimate of drug-likeness (QED) is 0.733. The molecule has 3 aromatic heterocycles.